The van der Waals surface area contributed by atoms with Crippen LogP contribution in [-0.4, -0.2) is 43.5 Å². The summed E-state index contributed by atoms with van der Waals surface area (Å²) < 4.78 is 12.1. The van der Waals surface area contributed by atoms with Gasteiger partial charge in [0.1, 0.15) is 10.8 Å². The molecule has 158 valence electrons. The first-order chi connectivity index (χ1) is 14.7. The Kier molecular flexibility index (Phi) is 6.92. The first kappa shape index (κ1) is 21.2. The van der Waals surface area contributed by atoms with Gasteiger partial charge in [0.2, 0.25) is 5.91 Å². The molecule has 1 amide bonds. The molecule has 0 saturated carbocycles. The van der Waals surface area contributed by atoms with Gasteiger partial charge in [-0.25, -0.2) is 4.98 Å². The van der Waals surface area contributed by atoms with Crippen LogP contribution in [0.5, 0.6) is 5.75 Å². The maximum atomic E-state index is 12.5. The van der Waals surface area contributed by atoms with Crippen molar-refractivity contribution in [1.29, 1.82) is 0 Å². The minimum absolute atomic E-state index is 0.0699. The molecular formula is C23H26N2O3S2. The highest BCUT2D eigenvalue weighted by Crippen LogP contribution is 2.35. The monoisotopic (exact) mass is 442 g/mol. The van der Waals surface area contributed by atoms with Crippen molar-refractivity contribution in [3.63, 3.8) is 0 Å². The van der Waals surface area contributed by atoms with Gasteiger partial charge >= 0.3 is 0 Å². The van der Waals surface area contributed by atoms with E-state index in [0.717, 1.165) is 34.9 Å². The normalized spacial score (nSPS) is 15.8. The molecule has 1 saturated heterocycles. The molecule has 1 fully saturated rings. The topological polar surface area (TPSA) is 60.5 Å². The molecule has 3 aromatic rings. The zero-order valence-corrected chi connectivity index (χ0v) is 18.7. The number of carbonyl (C=O) groups excluding carboxylic acids is 1. The van der Waals surface area contributed by atoms with Crippen LogP contribution in [0.3, 0.4) is 0 Å². The third kappa shape index (κ3) is 4.96. The molecule has 5 nitrogen and oxygen atoms in total. The lowest BCUT2D eigenvalue weighted by atomic mass is 9.74. The Morgan fingerprint density at radius 2 is 1.97 bits per heavy atom. The number of amides is 1. The number of thiazole rings is 1. The Morgan fingerprint density at radius 3 is 2.70 bits per heavy atom. The Labute approximate surface area is 185 Å². The second-order valence-electron chi connectivity index (χ2n) is 7.47. The number of ether oxygens (including phenoxy) is 2. The summed E-state index contributed by atoms with van der Waals surface area (Å²) in [6, 6.07) is 16.3. The van der Waals surface area contributed by atoms with Crippen molar-refractivity contribution in [2.24, 2.45) is 0 Å². The SMILES string of the molecule is COc1ccc(C2(CNC(=O)CSCc3nc4ccccc4s3)CCOCC2)cc1. The Balaban J connectivity index is 1.32. The lowest BCUT2D eigenvalue weighted by Crippen LogP contribution is -2.45. The quantitative estimate of drug-likeness (QED) is 0.560. The van der Waals surface area contributed by atoms with Crippen molar-refractivity contribution in [2.75, 3.05) is 32.6 Å². The fourth-order valence-corrected chi connectivity index (χ4v) is 5.68. The fourth-order valence-electron chi connectivity index (χ4n) is 3.81. The van der Waals surface area contributed by atoms with Gasteiger partial charge in [0.25, 0.3) is 0 Å². The molecule has 1 N–H and O–H groups in total. The third-order valence-corrected chi connectivity index (χ3v) is 7.74. The maximum Gasteiger partial charge on any atom is 0.230 e. The summed E-state index contributed by atoms with van der Waals surface area (Å²) in [5.41, 5.74) is 2.18. The van der Waals surface area contributed by atoms with Crippen LogP contribution < -0.4 is 10.1 Å². The minimum Gasteiger partial charge on any atom is -0.497 e. The van der Waals surface area contributed by atoms with E-state index in [9.17, 15) is 4.79 Å². The number of carbonyl (C=O) groups is 1. The van der Waals surface area contributed by atoms with Gasteiger partial charge in [0.15, 0.2) is 0 Å². The van der Waals surface area contributed by atoms with E-state index in [1.54, 1.807) is 30.2 Å². The first-order valence-corrected chi connectivity index (χ1v) is 12.1. The molecule has 2 aromatic carbocycles. The number of aromatic nitrogens is 1. The molecule has 1 aliphatic rings. The number of hydrogen-bond donors (Lipinski definition) is 1. The predicted molar refractivity (Wildman–Crippen MR) is 124 cm³/mol. The van der Waals surface area contributed by atoms with E-state index in [1.165, 1.54) is 10.3 Å². The van der Waals surface area contributed by atoms with Crippen LogP contribution >= 0.6 is 23.1 Å². The number of nitrogens with zero attached hydrogens (tertiary/aromatic N) is 1. The highest BCUT2D eigenvalue weighted by Gasteiger charge is 2.34. The highest BCUT2D eigenvalue weighted by atomic mass is 32.2. The van der Waals surface area contributed by atoms with E-state index in [4.69, 9.17) is 9.47 Å². The van der Waals surface area contributed by atoms with Crippen LogP contribution in [0.25, 0.3) is 10.2 Å². The molecule has 0 radical (unpaired) electrons. The van der Waals surface area contributed by atoms with Crippen molar-refractivity contribution >= 4 is 39.2 Å². The zero-order valence-electron chi connectivity index (χ0n) is 17.1. The van der Waals surface area contributed by atoms with Crippen LogP contribution in [0.15, 0.2) is 48.5 Å². The van der Waals surface area contributed by atoms with Gasteiger partial charge in [-0.15, -0.1) is 23.1 Å². The van der Waals surface area contributed by atoms with E-state index < -0.39 is 0 Å². The number of nitrogens with one attached hydrogen (secondary N) is 1. The first-order valence-electron chi connectivity index (χ1n) is 10.1. The number of methoxy groups -OCH3 is 1. The summed E-state index contributed by atoms with van der Waals surface area (Å²) >= 11 is 3.31. The molecule has 0 bridgehead atoms. The summed E-state index contributed by atoms with van der Waals surface area (Å²) in [6.45, 7) is 2.06. The summed E-state index contributed by atoms with van der Waals surface area (Å²) in [5.74, 6) is 2.10. The van der Waals surface area contributed by atoms with Crippen LogP contribution in [0.1, 0.15) is 23.4 Å². The molecule has 0 spiro atoms. The van der Waals surface area contributed by atoms with Crippen LogP contribution in [0, 0.1) is 0 Å². The molecule has 1 aromatic heterocycles. The van der Waals surface area contributed by atoms with Crippen LogP contribution in [0.4, 0.5) is 0 Å². The Morgan fingerprint density at radius 1 is 1.20 bits per heavy atom. The summed E-state index contributed by atoms with van der Waals surface area (Å²) in [7, 11) is 1.67. The fraction of sp³-hybridized carbons (Fsp3) is 0.391. The number of para-hydroxylation sites is 1. The number of hydrogen-bond acceptors (Lipinski definition) is 6. The van der Waals surface area contributed by atoms with E-state index in [0.29, 0.717) is 25.5 Å². The van der Waals surface area contributed by atoms with Crippen molar-refractivity contribution in [3.8, 4) is 5.75 Å². The molecule has 0 unspecified atom stereocenters. The molecule has 0 atom stereocenters. The van der Waals surface area contributed by atoms with Gasteiger partial charge in [-0.05, 0) is 42.7 Å². The second kappa shape index (κ2) is 9.81. The Hall–Kier alpha value is -2.09. The largest absolute Gasteiger partial charge is 0.497 e. The van der Waals surface area contributed by atoms with Crippen molar-refractivity contribution in [1.82, 2.24) is 10.3 Å². The van der Waals surface area contributed by atoms with Gasteiger partial charge < -0.3 is 14.8 Å². The minimum atomic E-state index is -0.0854. The molecule has 1 aliphatic heterocycles. The van der Waals surface area contributed by atoms with Crippen molar-refractivity contribution in [2.45, 2.75) is 24.0 Å². The van der Waals surface area contributed by atoms with Gasteiger partial charge in [0.05, 0.1) is 23.1 Å². The number of benzene rings is 2. The molecular weight excluding hydrogens is 416 g/mol. The van der Waals surface area contributed by atoms with E-state index in [-0.39, 0.29) is 11.3 Å². The average Bonchev–Trinajstić information content (AvgIpc) is 3.21. The number of rotatable bonds is 8. The van der Waals surface area contributed by atoms with E-state index >= 15 is 0 Å². The number of fused-ring (bicyclic) bond motifs is 1. The van der Waals surface area contributed by atoms with Gasteiger partial charge in [0, 0.05) is 30.9 Å². The lowest BCUT2D eigenvalue weighted by Gasteiger charge is -2.38. The van der Waals surface area contributed by atoms with Crippen LogP contribution in [0.2, 0.25) is 0 Å². The summed E-state index contributed by atoms with van der Waals surface area (Å²) in [5, 5.41) is 4.23. The smallest absolute Gasteiger partial charge is 0.230 e. The van der Waals surface area contributed by atoms with Gasteiger partial charge in [-0.1, -0.05) is 24.3 Å². The van der Waals surface area contributed by atoms with Crippen LogP contribution in [-0.2, 0) is 20.7 Å². The third-order valence-electron chi connectivity index (χ3n) is 5.57. The number of thioether (sulfide) groups is 1. The van der Waals surface area contributed by atoms with Gasteiger partial charge in [-0.3, -0.25) is 4.79 Å². The van der Waals surface area contributed by atoms with E-state index in [1.807, 2.05) is 30.3 Å². The van der Waals surface area contributed by atoms with Crippen molar-refractivity contribution < 1.29 is 14.3 Å². The molecule has 0 aliphatic carbocycles. The van der Waals surface area contributed by atoms with Crippen molar-refractivity contribution in [3.05, 3.63) is 59.1 Å². The summed E-state index contributed by atoms with van der Waals surface area (Å²) in [6.07, 6.45) is 1.80. The van der Waals surface area contributed by atoms with E-state index in [2.05, 4.69) is 28.5 Å². The lowest BCUT2D eigenvalue weighted by molar-refractivity contribution is -0.119. The molecule has 2 heterocycles. The maximum absolute atomic E-state index is 12.5. The Bertz CT molecular complexity index is 949. The van der Waals surface area contributed by atoms with Gasteiger partial charge in [-0.2, -0.15) is 0 Å². The molecule has 30 heavy (non-hydrogen) atoms. The zero-order chi connectivity index (χ0) is 20.8. The summed E-state index contributed by atoms with van der Waals surface area (Å²) in [4.78, 5) is 17.2. The predicted octanol–water partition coefficient (Wildman–Crippen LogP) is 4.40. The standard InChI is InChI=1S/C23H26N2O3S2/c1-27-18-8-6-17(7-9-18)23(10-12-28-13-11-23)16-24-21(26)14-29-15-22-25-19-4-2-3-5-20(19)30-22/h2-9H,10-16H2,1H3,(H,24,26). The molecule has 4 rings (SSSR count). The highest BCUT2D eigenvalue weighted by molar-refractivity contribution is 7.99. The second-order valence-corrected chi connectivity index (χ2v) is 9.57. The average molecular weight is 443 g/mol. The molecule has 7 heteroatoms.